The third-order valence-electron chi connectivity index (χ3n) is 4.66. The maximum Gasteiger partial charge on any atom is 0.264 e. The Hall–Kier alpha value is -2.48. The second-order valence-electron chi connectivity index (χ2n) is 6.61. The van der Waals surface area contributed by atoms with Crippen molar-refractivity contribution in [1.29, 1.82) is 0 Å². The van der Waals surface area contributed by atoms with Crippen molar-refractivity contribution in [1.82, 2.24) is 0 Å². The van der Waals surface area contributed by atoms with Gasteiger partial charge in [-0.1, -0.05) is 17.7 Å². The summed E-state index contributed by atoms with van der Waals surface area (Å²) in [4.78, 5) is 13.7. The smallest absolute Gasteiger partial charge is 0.264 e. The number of carbonyl (C=O) groups excluding carboxylic acids is 1. The van der Waals surface area contributed by atoms with Crippen molar-refractivity contribution in [3.8, 4) is 0 Å². The molecule has 0 saturated heterocycles. The van der Waals surface area contributed by atoms with E-state index in [4.69, 9.17) is 11.6 Å². The summed E-state index contributed by atoms with van der Waals surface area (Å²) in [6.45, 7) is 1.88. The highest BCUT2D eigenvalue weighted by atomic mass is 35.5. The largest absolute Gasteiger partial charge is 0.322 e. The number of amides is 1. The number of thioether (sulfide) groups is 1. The number of benzene rings is 3. The molecule has 8 heteroatoms. The van der Waals surface area contributed by atoms with E-state index < -0.39 is 10.0 Å². The fraction of sp³-hybridized carbons (Fsp3) is 0.136. The van der Waals surface area contributed by atoms with Crippen molar-refractivity contribution in [2.24, 2.45) is 0 Å². The number of carbonyl (C=O) groups is 1. The van der Waals surface area contributed by atoms with E-state index in [1.165, 1.54) is 11.4 Å². The van der Waals surface area contributed by atoms with Gasteiger partial charge < -0.3 is 5.32 Å². The van der Waals surface area contributed by atoms with E-state index in [1.807, 2.05) is 19.2 Å². The number of nitrogens with zero attached hydrogens (tertiary/aromatic N) is 1. The van der Waals surface area contributed by atoms with Crippen molar-refractivity contribution < 1.29 is 13.2 Å². The zero-order chi connectivity index (χ0) is 21.9. The lowest BCUT2D eigenvalue weighted by Crippen LogP contribution is -2.26. The van der Waals surface area contributed by atoms with E-state index in [1.54, 1.807) is 72.4 Å². The van der Waals surface area contributed by atoms with Gasteiger partial charge in [0.1, 0.15) is 0 Å². The van der Waals surface area contributed by atoms with Crippen LogP contribution in [0.3, 0.4) is 0 Å². The van der Waals surface area contributed by atoms with Gasteiger partial charge in [-0.3, -0.25) is 9.10 Å². The zero-order valence-corrected chi connectivity index (χ0v) is 19.1. The summed E-state index contributed by atoms with van der Waals surface area (Å²) < 4.78 is 27.0. The van der Waals surface area contributed by atoms with Crippen molar-refractivity contribution in [3.05, 3.63) is 82.9 Å². The molecule has 0 saturated carbocycles. The second-order valence-corrected chi connectivity index (χ2v) is 9.89. The number of aryl methyl sites for hydroxylation is 1. The summed E-state index contributed by atoms with van der Waals surface area (Å²) in [5.74, 6) is -0.301. The first-order chi connectivity index (χ1) is 14.2. The molecule has 3 aromatic rings. The van der Waals surface area contributed by atoms with Gasteiger partial charge in [-0.15, -0.1) is 11.8 Å². The standard InChI is InChI=1S/C22H21ClN2O3S2/c1-15-4-7-17(23)14-21(15)24-22(26)16-5-8-18(9-6-16)25(2)30(27,28)20-12-10-19(29-3)11-13-20/h4-14H,1-3H3,(H,24,26). The second kappa shape index (κ2) is 9.12. The molecule has 0 radical (unpaired) electrons. The number of nitrogens with one attached hydrogen (secondary N) is 1. The summed E-state index contributed by atoms with van der Waals surface area (Å²) in [6.07, 6.45) is 1.93. The van der Waals surface area contributed by atoms with Gasteiger partial charge in [-0.05, 0) is 79.4 Å². The van der Waals surface area contributed by atoms with Crippen molar-refractivity contribution in [3.63, 3.8) is 0 Å². The van der Waals surface area contributed by atoms with Gasteiger partial charge in [0.15, 0.2) is 0 Å². The lowest BCUT2D eigenvalue weighted by atomic mass is 10.1. The fourth-order valence-electron chi connectivity index (χ4n) is 2.79. The van der Waals surface area contributed by atoms with E-state index >= 15 is 0 Å². The Morgan fingerprint density at radius 1 is 1.00 bits per heavy atom. The van der Waals surface area contributed by atoms with Crippen LogP contribution in [0.1, 0.15) is 15.9 Å². The molecule has 3 aromatic carbocycles. The summed E-state index contributed by atoms with van der Waals surface area (Å²) in [7, 11) is -2.21. The highest BCUT2D eigenvalue weighted by molar-refractivity contribution is 7.98. The minimum Gasteiger partial charge on any atom is -0.322 e. The number of halogens is 1. The topological polar surface area (TPSA) is 66.5 Å². The summed E-state index contributed by atoms with van der Waals surface area (Å²) >= 11 is 7.54. The molecule has 0 aliphatic rings. The Morgan fingerprint density at radius 3 is 2.23 bits per heavy atom. The predicted octanol–water partition coefficient (Wildman–Crippen LogP) is 5.45. The SMILES string of the molecule is CSc1ccc(S(=O)(=O)N(C)c2ccc(C(=O)Nc3cc(Cl)ccc3C)cc2)cc1. The van der Waals surface area contributed by atoms with Crippen LogP contribution in [0, 0.1) is 6.92 Å². The molecule has 0 aliphatic carbocycles. The molecule has 0 aromatic heterocycles. The Bertz CT molecular complexity index is 1160. The first-order valence-electron chi connectivity index (χ1n) is 9.03. The van der Waals surface area contributed by atoms with Crippen LogP contribution in [-0.4, -0.2) is 27.6 Å². The Kier molecular flexibility index (Phi) is 6.75. The van der Waals surface area contributed by atoms with Gasteiger partial charge in [0.2, 0.25) is 0 Å². The van der Waals surface area contributed by atoms with Crippen LogP contribution < -0.4 is 9.62 Å². The molecule has 0 heterocycles. The minimum atomic E-state index is -3.70. The average molecular weight is 461 g/mol. The number of sulfonamides is 1. The normalized spacial score (nSPS) is 11.2. The number of rotatable bonds is 6. The van der Waals surface area contributed by atoms with Crippen LogP contribution >= 0.6 is 23.4 Å². The van der Waals surface area contributed by atoms with E-state index in [9.17, 15) is 13.2 Å². The van der Waals surface area contributed by atoms with Gasteiger partial charge >= 0.3 is 0 Å². The van der Waals surface area contributed by atoms with Crippen molar-refractivity contribution in [2.45, 2.75) is 16.7 Å². The molecule has 0 spiro atoms. The zero-order valence-electron chi connectivity index (χ0n) is 16.7. The highest BCUT2D eigenvalue weighted by Crippen LogP contribution is 2.25. The number of anilines is 2. The lowest BCUT2D eigenvalue weighted by molar-refractivity contribution is 0.102. The first-order valence-corrected chi connectivity index (χ1v) is 12.1. The predicted molar refractivity (Wildman–Crippen MR) is 124 cm³/mol. The quantitative estimate of drug-likeness (QED) is 0.497. The molecule has 156 valence electrons. The van der Waals surface area contributed by atoms with Gasteiger partial charge in [-0.25, -0.2) is 8.42 Å². The van der Waals surface area contributed by atoms with E-state index in [2.05, 4.69) is 5.32 Å². The van der Waals surface area contributed by atoms with Crippen LogP contribution in [0.2, 0.25) is 5.02 Å². The number of hydrogen-bond acceptors (Lipinski definition) is 4. The summed E-state index contributed by atoms with van der Waals surface area (Å²) in [5, 5.41) is 3.36. The van der Waals surface area contributed by atoms with E-state index in [0.29, 0.717) is 22.0 Å². The maximum absolute atomic E-state index is 12.9. The molecule has 5 nitrogen and oxygen atoms in total. The molecule has 0 fully saturated rings. The molecular weight excluding hydrogens is 440 g/mol. The molecule has 30 heavy (non-hydrogen) atoms. The average Bonchev–Trinajstić information content (AvgIpc) is 2.75. The van der Waals surface area contributed by atoms with Gasteiger partial charge in [0, 0.05) is 28.2 Å². The monoisotopic (exact) mass is 460 g/mol. The highest BCUT2D eigenvalue weighted by Gasteiger charge is 2.21. The Morgan fingerprint density at radius 2 is 1.63 bits per heavy atom. The Labute approximate surface area is 186 Å². The van der Waals surface area contributed by atoms with Gasteiger partial charge in [0.05, 0.1) is 10.6 Å². The van der Waals surface area contributed by atoms with Crippen LogP contribution in [0.15, 0.2) is 76.5 Å². The van der Waals surface area contributed by atoms with E-state index in [-0.39, 0.29) is 10.8 Å². The van der Waals surface area contributed by atoms with Crippen LogP contribution in [0.4, 0.5) is 11.4 Å². The number of hydrogen-bond donors (Lipinski definition) is 1. The molecule has 1 N–H and O–H groups in total. The van der Waals surface area contributed by atoms with Crippen LogP contribution in [0.5, 0.6) is 0 Å². The van der Waals surface area contributed by atoms with Crippen molar-refractivity contribution in [2.75, 3.05) is 22.9 Å². The fourth-order valence-corrected chi connectivity index (χ4v) is 4.57. The lowest BCUT2D eigenvalue weighted by Gasteiger charge is -2.20. The molecule has 3 rings (SSSR count). The van der Waals surface area contributed by atoms with Gasteiger partial charge in [0.25, 0.3) is 15.9 Å². The molecular formula is C22H21ClN2O3S2. The molecule has 0 aliphatic heterocycles. The van der Waals surface area contributed by atoms with E-state index in [0.717, 1.165) is 10.5 Å². The first kappa shape index (κ1) is 22.2. The van der Waals surface area contributed by atoms with Crippen LogP contribution in [0.25, 0.3) is 0 Å². The minimum absolute atomic E-state index is 0.209. The molecule has 0 unspecified atom stereocenters. The molecule has 0 atom stereocenters. The summed E-state index contributed by atoms with van der Waals surface area (Å²) in [6, 6.07) is 18.4. The van der Waals surface area contributed by atoms with Crippen molar-refractivity contribution >= 4 is 50.7 Å². The molecule has 0 bridgehead atoms. The summed E-state index contributed by atoms with van der Waals surface area (Å²) in [5.41, 5.74) is 2.39. The third kappa shape index (κ3) is 4.80. The third-order valence-corrected chi connectivity index (χ3v) is 7.44. The Balaban J connectivity index is 1.78. The van der Waals surface area contributed by atoms with Crippen LogP contribution in [-0.2, 0) is 10.0 Å². The molecule has 1 amide bonds. The maximum atomic E-state index is 12.9. The van der Waals surface area contributed by atoms with Gasteiger partial charge in [-0.2, -0.15) is 0 Å².